The van der Waals surface area contributed by atoms with Crippen molar-refractivity contribution in [2.24, 2.45) is 0 Å². The maximum atomic E-state index is 13.2. The molecule has 6 nitrogen and oxygen atoms in total. The number of rotatable bonds is 5. The van der Waals surface area contributed by atoms with Crippen LogP contribution < -0.4 is 9.64 Å². The van der Waals surface area contributed by atoms with Gasteiger partial charge in [-0.3, -0.25) is 19.5 Å². The average Bonchev–Trinajstić information content (AvgIpc) is 3.07. The molecule has 4 rings (SSSR count). The Hall–Kier alpha value is -3.93. The number of anilines is 1. The zero-order valence-corrected chi connectivity index (χ0v) is 18.2. The summed E-state index contributed by atoms with van der Waals surface area (Å²) in [5.74, 6) is -0.926. The molecule has 3 aromatic rings. The van der Waals surface area contributed by atoms with E-state index < -0.39 is 17.7 Å². The van der Waals surface area contributed by atoms with Gasteiger partial charge in [0.1, 0.15) is 11.5 Å². The van der Waals surface area contributed by atoms with Crippen molar-refractivity contribution in [3.63, 3.8) is 0 Å². The highest BCUT2D eigenvalue weighted by molar-refractivity contribution is 6.51. The molecule has 2 aromatic carbocycles. The molecule has 0 aliphatic carbocycles. The van der Waals surface area contributed by atoms with E-state index >= 15 is 0 Å². The first kappa shape index (κ1) is 21.3. The van der Waals surface area contributed by atoms with Gasteiger partial charge >= 0.3 is 0 Å². The number of aliphatic hydroxyl groups excluding tert-OH is 1. The number of hydrogen-bond acceptors (Lipinski definition) is 5. The lowest BCUT2D eigenvalue weighted by atomic mass is 9.93. The van der Waals surface area contributed by atoms with Crippen LogP contribution in [-0.4, -0.2) is 28.4 Å². The van der Waals surface area contributed by atoms with Gasteiger partial charge < -0.3 is 9.84 Å². The smallest absolute Gasteiger partial charge is 0.300 e. The van der Waals surface area contributed by atoms with Crippen LogP contribution in [-0.2, 0) is 9.59 Å². The van der Waals surface area contributed by atoms with E-state index in [1.807, 2.05) is 39.0 Å². The Morgan fingerprint density at radius 2 is 1.72 bits per heavy atom. The third-order valence-corrected chi connectivity index (χ3v) is 5.54. The molecule has 0 bridgehead atoms. The van der Waals surface area contributed by atoms with Gasteiger partial charge in [0.15, 0.2) is 0 Å². The van der Waals surface area contributed by atoms with E-state index in [9.17, 15) is 14.7 Å². The third-order valence-electron chi connectivity index (χ3n) is 5.54. The van der Waals surface area contributed by atoms with Gasteiger partial charge in [0.05, 0.1) is 18.2 Å². The summed E-state index contributed by atoms with van der Waals surface area (Å²) in [7, 11) is 0. The van der Waals surface area contributed by atoms with Gasteiger partial charge in [0.25, 0.3) is 11.7 Å². The number of carbonyl (C=O) groups excluding carboxylic acids is 2. The highest BCUT2D eigenvalue weighted by atomic mass is 16.5. The number of Topliss-reactive ketones (excluding diaryl/α,β-unsaturated/α-hetero) is 1. The van der Waals surface area contributed by atoms with E-state index in [1.165, 1.54) is 4.90 Å². The number of ether oxygens (including phenoxy) is 1. The predicted molar refractivity (Wildman–Crippen MR) is 123 cm³/mol. The first-order valence-electron chi connectivity index (χ1n) is 10.4. The fourth-order valence-electron chi connectivity index (χ4n) is 3.97. The molecule has 32 heavy (non-hydrogen) atoms. The van der Waals surface area contributed by atoms with Crippen LogP contribution in [0.1, 0.15) is 35.2 Å². The molecule has 0 spiro atoms. The van der Waals surface area contributed by atoms with Crippen molar-refractivity contribution in [3.8, 4) is 5.75 Å². The molecule has 0 saturated carbocycles. The van der Waals surface area contributed by atoms with Gasteiger partial charge in [-0.2, -0.15) is 0 Å². The van der Waals surface area contributed by atoms with Crippen molar-refractivity contribution in [2.45, 2.75) is 26.8 Å². The number of aliphatic hydroxyl groups is 1. The zero-order chi connectivity index (χ0) is 22.8. The normalized spacial score (nSPS) is 17.6. The van der Waals surface area contributed by atoms with Crippen LogP contribution >= 0.6 is 0 Å². The van der Waals surface area contributed by atoms with Crippen LogP contribution in [0.2, 0.25) is 0 Å². The van der Waals surface area contributed by atoms with E-state index in [0.29, 0.717) is 29.2 Å². The first-order chi connectivity index (χ1) is 15.4. The van der Waals surface area contributed by atoms with Crippen molar-refractivity contribution < 1.29 is 19.4 Å². The molecular formula is C26H24N2O4. The lowest BCUT2D eigenvalue weighted by molar-refractivity contribution is -0.132. The molecule has 1 atom stereocenters. The molecule has 1 saturated heterocycles. The van der Waals surface area contributed by atoms with Gasteiger partial charge in [-0.05, 0) is 74.4 Å². The van der Waals surface area contributed by atoms with Crippen molar-refractivity contribution in [1.29, 1.82) is 0 Å². The van der Waals surface area contributed by atoms with Crippen LogP contribution in [0.15, 0.2) is 72.6 Å². The van der Waals surface area contributed by atoms with Crippen LogP contribution in [0.5, 0.6) is 5.75 Å². The van der Waals surface area contributed by atoms with Crippen molar-refractivity contribution in [1.82, 2.24) is 4.98 Å². The zero-order valence-electron chi connectivity index (χ0n) is 18.2. The summed E-state index contributed by atoms with van der Waals surface area (Å²) in [6, 6.07) is 15.3. The van der Waals surface area contributed by atoms with Crippen molar-refractivity contribution in [2.75, 3.05) is 11.5 Å². The van der Waals surface area contributed by atoms with Crippen LogP contribution in [0.25, 0.3) is 5.76 Å². The molecule has 2 heterocycles. The Kier molecular flexibility index (Phi) is 5.77. The van der Waals surface area contributed by atoms with Crippen LogP contribution in [0.4, 0.5) is 5.69 Å². The van der Waals surface area contributed by atoms with Gasteiger partial charge in [-0.25, -0.2) is 0 Å². The molecule has 6 heteroatoms. The summed E-state index contributed by atoms with van der Waals surface area (Å²) in [5, 5.41) is 11.3. The minimum Gasteiger partial charge on any atom is -0.507 e. The summed E-state index contributed by atoms with van der Waals surface area (Å²) in [5.41, 5.74) is 3.57. The number of aryl methyl sites for hydroxylation is 2. The van der Waals surface area contributed by atoms with Crippen LogP contribution in [0, 0.1) is 13.8 Å². The van der Waals surface area contributed by atoms with Crippen molar-refractivity contribution >= 4 is 23.1 Å². The second-order valence-corrected chi connectivity index (χ2v) is 7.69. The highest BCUT2D eigenvalue weighted by Crippen LogP contribution is 2.42. The summed E-state index contributed by atoms with van der Waals surface area (Å²) in [4.78, 5) is 31.9. The Morgan fingerprint density at radius 3 is 2.38 bits per heavy atom. The van der Waals surface area contributed by atoms with E-state index in [1.54, 1.807) is 48.8 Å². The molecule has 1 N–H and O–H groups in total. The number of pyridine rings is 1. The van der Waals surface area contributed by atoms with E-state index in [-0.39, 0.29) is 11.3 Å². The van der Waals surface area contributed by atoms with Gasteiger partial charge in [-0.15, -0.1) is 0 Å². The molecule has 1 unspecified atom stereocenters. The molecule has 1 aliphatic heterocycles. The Balaban J connectivity index is 1.91. The fraction of sp³-hybridized carbons (Fsp3) is 0.192. The highest BCUT2D eigenvalue weighted by Gasteiger charge is 2.47. The summed E-state index contributed by atoms with van der Waals surface area (Å²) < 4.78 is 5.50. The summed E-state index contributed by atoms with van der Waals surface area (Å²) >= 11 is 0. The van der Waals surface area contributed by atoms with Gasteiger partial charge in [-0.1, -0.05) is 17.7 Å². The number of ketones is 1. The molecule has 0 radical (unpaired) electrons. The maximum Gasteiger partial charge on any atom is 0.300 e. The SMILES string of the molecule is CCOc1ccc(N2C(=O)C(=O)/C(=C(/O)c3cc(C)ccc3C)C2c2ccncc2)cc1. The van der Waals surface area contributed by atoms with E-state index in [4.69, 9.17) is 4.74 Å². The molecule has 1 amide bonds. The summed E-state index contributed by atoms with van der Waals surface area (Å²) in [6.07, 6.45) is 3.21. The molecule has 162 valence electrons. The average molecular weight is 428 g/mol. The fourth-order valence-corrected chi connectivity index (χ4v) is 3.97. The molecule has 1 fully saturated rings. The maximum absolute atomic E-state index is 13.2. The van der Waals surface area contributed by atoms with Gasteiger partial charge in [0, 0.05) is 23.6 Å². The monoisotopic (exact) mass is 428 g/mol. The number of nitrogens with zero attached hydrogens (tertiary/aromatic N) is 2. The second-order valence-electron chi connectivity index (χ2n) is 7.69. The minimum absolute atomic E-state index is 0.0591. The lowest BCUT2D eigenvalue weighted by Gasteiger charge is -2.25. The number of amides is 1. The molecule has 1 aromatic heterocycles. The number of carbonyl (C=O) groups is 2. The number of hydrogen-bond donors (Lipinski definition) is 1. The summed E-state index contributed by atoms with van der Waals surface area (Å²) in [6.45, 7) is 6.19. The largest absolute Gasteiger partial charge is 0.507 e. The van der Waals surface area contributed by atoms with Gasteiger partial charge in [0.2, 0.25) is 0 Å². The third kappa shape index (κ3) is 3.75. The van der Waals surface area contributed by atoms with E-state index in [0.717, 1.165) is 11.1 Å². The standard InChI is InChI=1S/C26H24N2O4/c1-4-32-20-9-7-19(8-10-20)28-23(18-11-13-27-14-12-18)22(25(30)26(28)31)24(29)21-15-16(2)5-6-17(21)3/h5-15,23,29H,4H2,1-3H3/b24-22+. The molecule has 1 aliphatic rings. The Bertz CT molecular complexity index is 1200. The minimum atomic E-state index is -0.782. The number of benzene rings is 2. The second kappa shape index (κ2) is 8.67. The topological polar surface area (TPSA) is 79.7 Å². The number of aromatic nitrogens is 1. The van der Waals surface area contributed by atoms with Crippen molar-refractivity contribution in [3.05, 3.63) is 94.8 Å². The Morgan fingerprint density at radius 1 is 1.03 bits per heavy atom. The quantitative estimate of drug-likeness (QED) is 0.361. The lowest BCUT2D eigenvalue weighted by Crippen LogP contribution is -2.29. The first-order valence-corrected chi connectivity index (χ1v) is 10.4. The molecular weight excluding hydrogens is 404 g/mol. The van der Waals surface area contributed by atoms with Crippen LogP contribution in [0.3, 0.4) is 0 Å². The Labute approximate surface area is 186 Å². The predicted octanol–water partition coefficient (Wildman–Crippen LogP) is 4.72. The van der Waals surface area contributed by atoms with E-state index in [2.05, 4.69) is 4.98 Å².